The molecule has 6 nitrogen and oxygen atoms in total. The summed E-state index contributed by atoms with van der Waals surface area (Å²) < 4.78 is 47.1. The number of alkyl halides is 3. The van der Waals surface area contributed by atoms with E-state index in [1.165, 1.54) is 6.07 Å². The first kappa shape index (κ1) is 32.1. The van der Waals surface area contributed by atoms with Gasteiger partial charge in [-0.1, -0.05) is 47.5 Å². The van der Waals surface area contributed by atoms with Crippen LogP contribution < -0.4 is 4.74 Å². The second-order valence-electron chi connectivity index (χ2n) is 11.5. The van der Waals surface area contributed by atoms with Gasteiger partial charge < -0.3 is 14.7 Å². The van der Waals surface area contributed by atoms with E-state index in [0.29, 0.717) is 36.0 Å². The highest BCUT2D eigenvalue weighted by Crippen LogP contribution is 2.54. The number of hydrogen-bond donors (Lipinski definition) is 1. The largest absolute Gasteiger partial charge is 0.493 e. The lowest BCUT2D eigenvalue weighted by molar-refractivity contribution is -0.137. The molecule has 234 valence electrons. The molecule has 0 spiro atoms. The van der Waals surface area contributed by atoms with Crippen LogP contribution in [0, 0.1) is 5.92 Å². The smallest absolute Gasteiger partial charge is 0.416 e. The molecule has 1 N–H and O–H groups in total. The number of aliphatic hydroxyl groups is 1. The zero-order valence-corrected chi connectivity index (χ0v) is 26.2. The molecule has 0 aromatic heterocycles. The van der Waals surface area contributed by atoms with Crippen LogP contribution in [0.25, 0.3) is 0 Å². The number of amidine groups is 1. The SMILES string of the molecule is CCOc1cc(C(F)(F)F)ccc1C1=N[C@@](C)(c2ccc(Cl)cc2)C(C)(c2ccc(Cl)cc2)N1C(=O)N1CCC(CO)CC1. The molecular formula is C33H34Cl2F3N3O3. The summed E-state index contributed by atoms with van der Waals surface area (Å²) in [6, 6.07) is 17.2. The van der Waals surface area contributed by atoms with Crippen molar-refractivity contribution in [2.45, 2.75) is 50.9 Å². The van der Waals surface area contributed by atoms with Crippen LogP contribution in [0.2, 0.25) is 10.0 Å². The summed E-state index contributed by atoms with van der Waals surface area (Å²) in [7, 11) is 0. The highest BCUT2D eigenvalue weighted by molar-refractivity contribution is 6.30. The Morgan fingerprint density at radius 2 is 1.55 bits per heavy atom. The fraction of sp³-hybridized carbons (Fsp3) is 0.394. The summed E-state index contributed by atoms with van der Waals surface area (Å²) in [6.45, 7) is 6.46. The molecule has 0 aliphatic carbocycles. The van der Waals surface area contributed by atoms with E-state index in [1.807, 2.05) is 38.1 Å². The van der Waals surface area contributed by atoms with Gasteiger partial charge in [-0.15, -0.1) is 0 Å². The van der Waals surface area contributed by atoms with E-state index in [9.17, 15) is 23.1 Å². The number of amides is 2. The number of aliphatic hydroxyl groups excluding tert-OH is 1. The Hall–Kier alpha value is -3.27. The number of urea groups is 1. The lowest BCUT2D eigenvalue weighted by atomic mass is 9.71. The van der Waals surface area contributed by atoms with Crippen LogP contribution in [-0.2, 0) is 17.3 Å². The molecule has 3 aromatic carbocycles. The van der Waals surface area contributed by atoms with Gasteiger partial charge in [0.1, 0.15) is 22.7 Å². The minimum absolute atomic E-state index is 0.0309. The van der Waals surface area contributed by atoms with E-state index in [2.05, 4.69) is 0 Å². The van der Waals surface area contributed by atoms with Crippen molar-refractivity contribution >= 4 is 35.1 Å². The number of likely N-dealkylation sites (tertiary alicyclic amines) is 1. The average molecular weight is 649 g/mol. The fourth-order valence-corrected chi connectivity index (χ4v) is 6.43. The molecule has 5 rings (SSSR count). The molecule has 1 fully saturated rings. The summed E-state index contributed by atoms with van der Waals surface area (Å²) in [5, 5.41) is 10.7. The van der Waals surface area contributed by atoms with Gasteiger partial charge in [-0.25, -0.2) is 4.79 Å². The Bertz CT molecular complexity index is 1540. The summed E-state index contributed by atoms with van der Waals surface area (Å²) >= 11 is 12.5. The van der Waals surface area contributed by atoms with Crippen LogP contribution in [0.1, 0.15) is 55.9 Å². The van der Waals surface area contributed by atoms with Crippen molar-refractivity contribution in [1.29, 1.82) is 0 Å². The average Bonchev–Trinajstić information content (AvgIpc) is 3.25. The van der Waals surface area contributed by atoms with Gasteiger partial charge >= 0.3 is 12.2 Å². The summed E-state index contributed by atoms with van der Waals surface area (Å²) in [5.74, 6) is 0.246. The Balaban J connectivity index is 1.77. The molecule has 0 saturated carbocycles. The van der Waals surface area contributed by atoms with Gasteiger partial charge in [-0.2, -0.15) is 13.2 Å². The van der Waals surface area contributed by atoms with Gasteiger partial charge in [0.05, 0.1) is 17.7 Å². The van der Waals surface area contributed by atoms with Gasteiger partial charge in [0.25, 0.3) is 0 Å². The number of benzene rings is 3. The number of aliphatic imine (C=N–C) groups is 1. The third-order valence-electron chi connectivity index (χ3n) is 8.93. The van der Waals surface area contributed by atoms with Crippen molar-refractivity contribution in [1.82, 2.24) is 9.80 Å². The number of nitrogens with zero attached hydrogens (tertiary/aromatic N) is 3. The first-order valence-electron chi connectivity index (χ1n) is 14.5. The fourth-order valence-electron chi connectivity index (χ4n) is 6.17. The Labute approximate surface area is 265 Å². The van der Waals surface area contributed by atoms with E-state index in [-0.39, 0.29) is 42.3 Å². The van der Waals surface area contributed by atoms with Crippen molar-refractivity contribution in [2.24, 2.45) is 10.9 Å². The van der Waals surface area contributed by atoms with E-state index < -0.39 is 22.8 Å². The molecule has 2 amide bonds. The number of carbonyl (C=O) groups is 1. The highest BCUT2D eigenvalue weighted by atomic mass is 35.5. The first-order chi connectivity index (χ1) is 20.8. The Morgan fingerprint density at radius 1 is 0.977 bits per heavy atom. The second-order valence-corrected chi connectivity index (χ2v) is 12.3. The number of halogens is 5. The Morgan fingerprint density at radius 3 is 2.07 bits per heavy atom. The zero-order chi connectivity index (χ0) is 31.9. The molecule has 3 aromatic rings. The zero-order valence-electron chi connectivity index (χ0n) is 24.7. The van der Waals surface area contributed by atoms with Crippen molar-refractivity contribution in [3.63, 3.8) is 0 Å². The molecule has 2 aliphatic rings. The number of ether oxygens (including phenoxy) is 1. The summed E-state index contributed by atoms with van der Waals surface area (Å²) in [4.78, 5) is 23.3. The van der Waals surface area contributed by atoms with E-state index >= 15 is 0 Å². The quantitative estimate of drug-likeness (QED) is 0.294. The minimum Gasteiger partial charge on any atom is -0.493 e. The normalized spacial score (nSPS) is 22.7. The molecule has 0 radical (unpaired) electrons. The summed E-state index contributed by atoms with van der Waals surface area (Å²) in [6.07, 6.45) is -3.34. The van der Waals surface area contributed by atoms with E-state index in [0.717, 1.165) is 23.3 Å². The van der Waals surface area contributed by atoms with Crippen LogP contribution in [-0.4, -0.2) is 53.1 Å². The van der Waals surface area contributed by atoms with Crippen LogP contribution in [0.3, 0.4) is 0 Å². The third kappa shape index (κ3) is 5.66. The van der Waals surface area contributed by atoms with Crippen molar-refractivity contribution in [3.05, 3.63) is 99.0 Å². The maximum atomic E-state index is 14.7. The Kier molecular flexibility index (Phi) is 8.95. The van der Waals surface area contributed by atoms with Gasteiger partial charge in [0.15, 0.2) is 0 Å². The predicted molar refractivity (Wildman–Crippen MR) is 165 cm³/mol. The van der Waals surface area contributed by atoms with Gasteiger partial charge in [0.2, 0.25) is 0 Å². The van der Waals surface area contributed by atoms with Crippen molar-refractivity contribution in [3.8, 4) is 5.75 Å². The molecule has 44 heavy (non-hydrogen) atoms. The maximum absolute atomic E-state index is 14.7. The van der Waals surface area contributed by atoms with Crippen LogP contribution in [0.5, 0.6) is 5.75 Å². The second kappa shape index (κ2) is 12.3. The van der Waals surface area contributed by atoms with Crippen LogP contribution >= 0.6 is 23.2 Å². The lowest BCUT2D eigenvalue weighted by Gasteiger charge is -2.47. The van der Waals surface area contributed by atoms with Crippen molar-refractivity contribution in [2.75, 3.05) is 26.3 Å². The van der Waals surface area contributed by atoms with Crippen molar-refractivity contribution < 1.29 is 27.8 Å². The molecular weight excluding hydrogens is 614 g/mol. The first-order valence-corrected chi connectivity index (χ1v) is 15.3. The van der Waals surface area contributed by atoms with E-state index in [1.54, 1.807) is 41.0 Å². The van der Waals surface area contributed by atoms with Crippen LogP contribution in [0.15, 0.2) is 71.7 Å². The lowest BCUT2D eigenvalue weighted by Crippen LogP contribution is -2.59. The predicted octanol–water partition coefficient (Wildman–Crippen LogP) is 8.13. The topological polar surface area (TPSA) is 65.4 Å². The molecule has 2 atom stereocenters. The number of rotatable bonds is 6. The number of carbonyl (C=O) groups excluding carboxylic acids is 1. The number of piperidine rings is 1. The molecule has 1 saturated heterocycles. The molecule has 2 heterocycles. The summed E-state index contributed by atoms with van der Waals surface area (Å²) in [5.41, 5.74) is -1.45. The van der Waals surface area contributed by atoms with Gasteiger partial charge in [-0.3, -0.25) is 9.89 Å². The van der Waals surface area contributed by atoms with E-state index in [4.69, 9.17) is 32.9 Å². The standard InChI is InChI=1S/C33H34Cl2F3N3O3/c1-4-44-28-19-24(33(36,37)38)9-14-27(28)29-39-31(2,22-5-10-25(34)11-6-22)32(3,23-7-12-26(35)13-8-23)41(29)30(43)40-17-15-21(20-42)16-18-40/h5-14,19,21,42H,4,15-18,20H2,1-3H3/t31-,32?/m0/s1. The monoisotopic (exact) mass is 647 g/mol. The highest BCUT2D eigenvalue weighted by Gasteiger charge is 2.60. The van der Waals surface area contributed by atoms with Crippen LogP contribution in [0.4, 0.5) is 18.0 Å². The minimum atomic E-state index is -4.59. The molecule has 2 aliphatic heterocycles. The molecule has 0 bridgehead atoms. The molecule has 11 heteroatoms. The van der Waals surface area contributed by atoms with Gasteiger partial charge in [-0.05, 0) is 93.1 Å². The maximum Gasteiger partial charge on any atom is 0.416 e. The number of hydrogen-bond acceptors (Lipinski definition) is 4. The molecule has 1 unspecified atom stereocenters. The third-order valence-corrected chi connectivity index (χ3v) is 9.44. The van der Waals surface area contributed by atoms with Gasteiger partial charge in [0, 0.05) is 29.7 Å².